The van der Waals surface area contributed by atoms with Gasteiger partial charge in [0.2, 0.25) is 0 Å². The van der Waals surface area contributed by atoms with Crippen LogP contribution in [0.2, 0.25) is 0 Å². The van der Waals surface area contributed by atoms with E-state index in [1.54, 1.807) is 26.8 Å². The van der Waals surface area contributed by atoms with Crippen molar-refractivity contribution in [3.05, 3.63) is 35.4 Å². The molecule has 0 saturated heterocycles. The molecule has 0 fully saturated rings. The van der Waals surface area contributed by atoms with E-state index >= 15 is 0 Å². The Morgan fingerprint density at radius 2 is 1.70 bits per heavy atom. The number of hydrogen-bond donors (Lipinski definition) is 2. The molecule has 0 unspecified atom stereocenters. The topological polar surface area (TPSA) is 67.4 Å². The van der Waals surface area contributed by atoms with Crippen LogP contribution in [0.25, 0.3) is 0 Å². The highest BCUT2D eigenvalue weighted by Crippen LogP contribution is 2.07. The van der Waals surface area contributed by atoms with Crippen LogP contribution in [0.15, 0.2) is 24.3 Å². The van der Waals surface area contributed by atoms with Gasteiger partial charge in [0.1, 0.15) is 5.60 Å². The summed E-state index contributed by atoms with van der Waals surface area (Å²) >= 11 is 0. The molecule has 2 amide bonds. The Balaban J connectivity index is 2.30. The van der Waals surface area contributed by atoms with Gasteiger partial charge in [0, 0.05) is 18.7 Å². The third-order valence-corrected chi connectivity index (χ3v) is 2.47. The maximum Gasteiger partial charge on any atom is 0.407 e. The second-order valence-corrected chi connectivity index (χ2v) is 5.50. The van der Waals surface area contributed by atoms with Gasteiger partial charge in [0.05, 0.1) is 0 Å². The lowest BCUT2D eigenvalue weighted by Gasteiger charge is -2.19. The second-order valence-electron chi connectivity index (χ2n) is 5.50. The predicted octanol–water partition coefficient (Wildman–Crippen LogP) is 2.25. The molecule has 0 aromatic heterocycles. The average molecular weight is 278 g/mol. The molecule has 110 valence electrons. The molecule has 2 N–H and O–H groups in total. The minimum atomic E-state index is -0.519. The summed E-state index contributed by atoms with van der Waals surface area (Å²) in [5.74, 6) is -0.144. The first-order valence-electron chi connectivity index (χ1n) is 6.60. The van der Waals surface area contributed by atoms with Crippen molar-refractivity contribution in [3.8, 4) is 0 Å². The third-order valence-electron chi connectivity index (χ3n) is 2.47. The van der Waals surface area contributed by atoms with E-state index in [2.05, 4.69) is 10.6 Å². The normalized spacial score (nSPS) is 10.8. The number of carbonyl (C=O) groups excluding carboxylic acids is 2. The van der Waals surface area contributed by atoms with E-state index < -0.39 is 11.7 Å². The van der Waals surface area contributed by atoms with Crippen LogP contribution in [-0.2, 0) is 4.74 Å². The number of rotatable bonds is 4. The van der Waals surface area contributed by atoms with Crippen molar-refractivity contribution >= 4 is 12.0 Å². The summed E-state index contributed by atoms with van der Waals surface area (Å²) in [5.41, 5.74) is 1.05. The van der Waals surface area contributed by atoms with E-state index in [0.717, 1.165) is 5.56 Å². The molecule has 20 heavy (non-hydrogen) atoms. The van der Waals surface area contributed by atoms with Gasteiger partial charge in [-0.3, -0.25) is 4.79 Å². The van der Waals surface area contributed by atoms with Crippen LogP contribution in [0.1, 0.15) is 36.7 Å². The van der Waals surface area contributed by atoms with Crippen LogP contribution in [0.4, 0.5) is 4.79 Å². The van der Waals surface area contributed by atoms with Crippen LogP contribution in [-0.4, -0.2) is 30.7 Å². The zero-order chi connectivity index (χ0) is 15.2. The number of hydrogen-bond acceptors (Lipinski definition) is 3. The summed E-state index contributed by atoms with van der Waals surface area (Å²) in [7, 11) is 0. The minimum absolute atomic E-state index is 0.144. The Morgan fingerprint density at radius 1 is 1.10 bits per heavy atom. The summed E-state index contributed by atoms with van der Waals surface area (Å²) in [6.45, 7) is 7.96. The molecule has 0 heterocycles. The summed E-state index contributed by atoms with van der Waals surface area (Å²) in [6, 6.07) is 7.36. The highest BCUT2D eigenvalue weighted by atomic mass is 16.6. The number of nitrogens with one attached hydrogen (secondary N) is 2. The molecular weight excluding hydrogens is 256 g/mol. The molecule has 0 aliphatic carbocycles. The standard InChI is InChI=1S/C15H22N2O3/c1-11-7-5-6-8-12(11)13(18)16-9-10-17-14(19)20-15(2,3)4/h5-8H,9-10H2,1-4H3,(H,16,18)(H,17,19). The summed E-state index contributed by atoms with van der Waals surface area (Å²) in [6.07, 6.45) is -0.484. The second kappa shape index (κ2) is 6.93. The first kappa shape index (κ1) is 16.0. The molecule has 0 aliphatic rings. The van der Waals surface area contributed by atoms with Crippen molar-refractivity contribution in [1.82, 2.24) is 10.6 Å². The lowest BCUT2D eigenvalue weighted by atomic mass is 10.1. The quantitative estimate of drug-likeness (QED) is 0.830. The van der Waals surface area contributed by atoms with Crippen molar-refractivity contribution in [2.75, 3.05) is 13.1 Å². The third kappa shape index (κ3) is 5.73. The fraction of sp³-hybridized carbons (Fsp3) is 0.467. The molecule has 1 aromatic rings. The van der Waals surface area contributed by atoms with Gasteiger partial charge in [-0.05, 0) is 39.3 Å². The largest absolute Gasteiger partial charge is 0.444 e. The first-order chi connectivity index (χ1) is 9.29. The molecule has 5 nitrogen and oxygen atoms in total. The molecule has 5 heteroatoms. The van der Waals surface area contributed by atoms with E-state index in [0.29, 0.717) is 18.7 Å². The van der Waals surface area contributed by atoms with E-state index in [9.17, 15) is 9.59 Å². The van der Waals surface area contributed by atoms with Gasteiger partial charge >= 0.3 is 6.09 Å². The molecule has 0 spiro atoms. The fourth-order valence-electron chi connectivity index (χ4n) is 1.58. The molecule has 0 bridgehead atoms. The summed E-state index contributed by atoms with van der Waals surface area (Å²) in [5, 5.41) is 5.33. The Labute approximate surface area is 119 Å². The zero-order valence-corrected chi connectivity index (χ0v) is 12.4. The number of aryl methyl sites for hydroxylation is 1. The fourth-order valence-corrected chi connectivity index (χ4v) is 1.58. The van der Waals surface area contributed by atoms with Crippen LogP contribution < -0.4 is 10.6 Å². The molecule has 0 atom stereocenters. The smallest absolute Gasteiger partial charge is 0.407 e. The van der Waals surface area contributed by atoms with Crippen LogP contribution in [0, 0.1) is 6.92 Å². The van der Waals surface area contributed by atoms with Gasteiger partial charge < -0.3 is 15.4 Å². The molecule has 0 radical (unpaired) electrons. The van der Waals surface area contributed by atoms with Crippen LogP contribution >= 0.6 is 0 Å². The van der Waals surface area contributed by atoms with Crippen LogP contribution in [0.5, 0.6) is 0 Å². The highest BCUT2D eigenvalue weighted by molar-refractivity contribution is 5.95. The number of alkyl carbamates (subject to hydrolysis) is 1. The van der Waals surface area contributed by atoms with Gasteiger partial charge in [-0.15, -0.1) is 0 Å². The monoisotopic (exact) mass is 278 g/mol. The van der Waals surface area contributed by atoms with Crippen molar-refractivity contribution in [2.45, 2.75) is 33.3 Å². The van der Waals surface area contributed by atoms with Gasteiger partial charge in [0.25, 0.3) is 5.91 Å². The molecule has 0 saturated carbocycles. The SMILES string of the molecule is Cc1ccccc1C(=O)NCCNC(=O)OC(C)(C)C. The van der Waals surface area contributed by atoms with Crippen molar-refractivity contribution in [1.29, 1.82) is 0 Å². The predicted molar refractivity (Wildman–Crippen MR) is 77.7 cm³/mol. The Hall–Kier alpha value is -2.04. The van der Waals surface area contributed by atoms with Gasteiger partial charge in [-0.1, -0.05) is 18.2 Å². The van der Waals surface area contributed by atoms with Crippen molar-refractivity contribution < 1.29 is 14.3 Å². The van der Waals surface area contributed by atoms with E-state index in [4.69, 9.17) is 4.74 Å². The minimum Gasteiger partial charge on any atom is -0.444 e. The highest BCUT2D eigenvalue weighted by Gasteiger charge is 2.15. The van der Waals surface area contributed by atoms with Crippen molar-refractivity contribution in [2.24, 2.45) is 0 Å². The van der Waals surface area contributed by atoms with Gasteiger partial charge in [-0.25, -0.2) is 4.79 Å². The van der Waals surface area contributed by atoms with Crippen molar-refractivity contribution in [3.63, 3.8) is 0 Å². The zero-order valence-electron chi connectivity index (χ0n) is 12.4. The Kier molecular flexibility index (Phi) is 5.55. The Morgan fingerprint density at radius 3 is 2.30 bits per heavy atom. The lowest BCUT2D eigenvalue weighted by Crippen LogP contribution is -2.38. The van der Waals surface area contributed by atoms with Crippen LogP contribution in [0.3, 0.4) is 0 Å². The Bertz CT molecular complexity index is 478. The average Bonchev–Trinajstić information content (AvgIpc) is 2.33. The number of carbonyl (C=O) groups is 2. The maximum atomic E-state index is 11.9. The number of benzene rings is 1. The van der Waals surface area contributed by atoms with Gasteiger partial charge in [-0.2, -0.15) is 0 Å². The first-order valence-corrected chi connectivity index (χ1v) is 6.60. The molecule has 1 rings (SSSR count). The number of ether oxygens (including phenoxy) is 1. The lowest BCUT2D eigenvalue weighted by molar-refractivity contribution is 0.0526. The molecular formula is C15H22N2O3. The maximum absolute atomic E-state index is 11.9. The van der Waals surface area contributed by atoms with E-state index in [1.807, 2.05) is 25.1 Å². The molecule has 1 aromatic carbocycles. The summed E-state index contributed by atoms with van der Waals surface area (Å²) < 4.78 is 5.09. The molecule has 0 aliphatic heterocycles. The number of amides is 2. The van der Waals surface area contributed by atoms with E-state index in [-0.39, 0.29) is 5.91 Å². The van der Waals surface area contributed by atoms with E-state index in [1.165, 1.54) is 0 Å². The summed E-state index contributed by atoms with van der Waals surface area (Å²) in [4.78, 5) is 23.3. The van der Waals surface area contributed by atoms with Gasteiger partial charge in [0.15, 0.2) is 0 Å².